The topological polar surface area (TPSA) is 51.2 Å². The first-order valence-corrected chi connectivity index (χ1v) is 8.24. The summed E-state index contributed by atoms with van der Waals surface area (Å²) >= 11 is 0. The number of aromatic nitrogens is 1. The molecule has 1 aliphatic rings. The Balaban J connectivity index is 1.70. The smallest absolute Gasteiger partial charge is 0.312 e. The number of unbranched alkanes of at least 4 members (excludes halogenated alkanes) is 5. The molecule has 0 saturated heterocycles. The van der Waals surface area contributed by atoms with Gasteiger partial charge >= 0.3 is 5.97 Å². The first-order valence-electron chi connectivity index (χ1n) is 8.24. The van der Waals surface area contributed by atoms with Crippen molar-refractivity contribution in [3.05, 3.63) is 17.7 Å². The van der Waals surface area contributed by atoms with Crippen LogP contribution < -0.4 is 10.1 Å². The van der Waals surface area contributed by atoms with E-state index < -0.39 is 0 Å². The Kier molecular flexibility index (Phi) is 6.51. The summed E-state index contributed by atoms with van der Waals surface area (Å²) < 4.78 is 5.32. The average Bonchev–Trinajstić information content (AvgIpc) is 2.50. The Labute approximate surface area is 127 Å². The number of anilines is 1. The van der Waals surface area contributed by atoms with E-state index in [0.717, 1.165) is 38.0 Å². The lowest BCUT2D eigenvalue weighted by molar-refractivity contribution is -0.134. The molecule has 1 N–H and O–H groups in total. The lowest BCUT2D eigenvalue weighted by Gasteiger charge is -2.17. The molecule has 0 saturated carbocycles. The van der Waals surface area contributed by atoms with Crippen LogP contribution in [0.15, 0.2) is 12.1 Å². The first kappa shape index (κ1) is 15.8. The van der Waals surface area contributed by atoms with Gasteiger partial charge in [0.1, 0.15) is 5.82 Å². The molecule has 116 valence electrons. The minimum absolute atomic E-state index is 0.172. The molecule has 2 heterocycles. The number of fused-ring (bicyclic) bond motifs is 1. The van der Waals surface area contributed by atoms with Crippen LogP contribution in [0.4, 0.5) is 5.82 Å². The molecule has 0 aliphatic carbocycles. The zero-order valence-corrected chi connectivity index (χ0v) is 13.0. The molecule has 0 atom stereocenters. The van der Waals surface area contributed by atoms with Gasteiger partial charge < -0.3 is 10.1 Å². The lowest BCUT2D eigenvalue weighted by atomic mass is 10.1. The maximum Gasteiger partial charge on any atom is 0.312 e. The van der Waals surface area contributed by atoms with E-state index in [1.54, 1.807) is 6.07 Å². The molecule has 0 bridgehead atoms. The Morgan fingerprint density at radius 3 is 2.90 bits per heavy atom. The van der Waals surface area contributed by atoms with Crippen LogP contribution in [0, 0.1) is 0 Å². The van der Waals surface area contributed by atoms with E-state index in [4.69, 9.17) is 4.74 Å². The van der Waals surface area contributed by atoms with Crippen molar-refractivity contribution in [2.75, 3.05) is 11.9 Å². The summed E-state index contributed by atoms with van der Waals surface area (Å²) in [6.45, 7) is 3.15. The van der Waals surface area contributed by atoms with Gasteiger partial charge in [-0.3, -0.25) is 4.79 Å². The molecular formula is C17H26N2O2. The van der Waals surface area contributed by atoms with Crippen LogP contribution in [0.25, 0.3) is 0 Å². The maximum atomic E-state index is 11.8. The summed E-state index contributed by atoms with van der Waals surface area (Å²) in [5.41, 5.74) is 1.21. The summed E-state index contributed by atoms with van der Waals surface area (Å²) in [5, 5.41) is 3.25. The molecule has 2 rings (SSSR count). The molecule has 1 aromatic rings. The average molecular weight is 290 g/mol. The number of pyridine rings is 1. The molecule has 0 fully saturated rings. The van der Waals surface area contributed by atoms with Gasteiger partial charge in [-0.05, 0) is 30.9 Å². The third-order valence-electron chi connectivity index (χ3n) is 3.82. The van der Waals surface area contributed by atoms with Crippen molar-refractivity contribution in [3.8, 4) is 5.88 Å². The second-order valence-electron chi connectivity index (χ2n) is 5.68. The monoisotopic (exact) mass is 290 g/mol. The van der Waals surface area contributed by atoms with E-state index in [1.807, 2.05) is 6.07 Å². The maximum absolute atomic E-state index is 11.8. The summed E-state index contributed by atoms with van der Waals surface area (Å²) in [4.78, 5) is 16.2. The van der Waals surface area contributed by atoms with Crippen molar-refractivity contribution in [1.29, 1.82) is 0 Å². The van der Waals surface area contributed by atoms with Gasteiger partial charge in [0, 0.05) is 19.0 Å². The number of rotatable bonds is 8. The van der Waals surface area contributed by atoms with Crippen LogP contribution in [0.5, 0.6) is 5.88 Å². The largest absolute Gasteiger partial charge is 0.407 e. The fourth-order valence-corrected chi connectivity index (χ4v) is 2.58. The normalized spacial score (nSPS) is 13.4. The van der Waals surface area contributed by atoms with Crippen LogP contribution in [-0.2, 0) is 11.2 Å². The number of carbonyl (C=O) groups is 1. The lowest BCUT2D eigenvalue weighted by Crippen LogP contribution is -2.15. The van der Waals surface area contributed by atoms with Gasteiger partial charge in [0.05, 0.1) is 0 Å². The van der Waals surface area contributed by atoms with Gasteiger partial charge in [0.15, 0.2) is 0 Å². The number of hydrogen-bond acceptors (Lipinski definition) is 4. The van der Waals surface area contributed by atoms with Gasteiger partial charge in [-0.15, -0.1) is 0 Å². The van der Waals surface area contributed by atoms with Crippen molar-refractivity contribution in [2.24, 2.45) is 0 Å². The first-order chi connectivity index (χ1) is 10.3. The summed E-state index contributed by atoms with van der Waals surface area (Å²) in [6.07, 6.45) is 9.69. The van der Waals surface area contributed by atoms with E-state index in [2.05, 4.69) is 17.2 Å². The number of carbonyl (C=O) groups excluding carboxylic acids is 1. The Morgan fingerprint density at radius 2 is 2.05 bits per heavy atom. The molecule has 0 amide bonds. The molecule has 0 unspecified atom stereocenters. The SMILES string of the molecule is CCCCCCCCC(=O)Oc1ccc2c(n1)NCCC2. The van der Waals surface area contributed by atoms with Gasteiger partial charge in [0.2, 0.25) is 5.88 Å². The van der Waals surface area contributed by atoms with Crippen molar-refractivity contribution >= 4 is 11.8 Å². The third kappa shape index (κ3) is 5.37. The Morgan fingerprint density at radius 1 is 1.24 bits per heavy atom. The molecule has 1 aliphatic heterocycles. The zero-order chi connectivity index (χ0) is 14.9. The molecule has 4 nitrogen and oxygen atoms in total. The Bertz CT molecular complexity index is 460. The summed E-state index contributed by atoms with van der Waals surface area (Å²) in [7, 11) is 0. The highest BCUT2D eigenvalue weighted by molar-refractivity contribution is 5.72. The fourth-order valence-electron chi connectivity index (χ4n) is 2.58. The number of esters is 1. The van der Waals surface area contributed by atoms with Crippen LogP contribution in [0.2, 0.25) is 0 Å². The van der Waals surface area contributed by atoms with Gasteiger partial charge in [-0.1, -0.05) is 39.0 Å². The third-order valence-corrected chi connectivity index (χ3v) is 3.82. The molecule has 4 heteroatoms. The molecule has 0 spiro atoms. The van der Waals surface area contributed by atoms with Crippen molar-refractivity contribution in [2.45, 2.75) is 64.7 Å². The highest BCUT2D eigenvalue weighted by Gasteiger charge is 2.12. The predicted octanol–water partition coefficient (Wildman–Crippen LogP) is 4.10. The van der Waals surface area contributed by atoms with E-state index in [1.165, 1.54) is 31.2 Å². The molecule has 0 aromatic carbocycles. The Hall–Kier alpha value is -1.58. The number of hydrogen-bond donors (Lipinski definition) is 1. The van der Waals surface area contributed by atoms with Crippen molar-refractivity contribution in [1.82, 2.24) is 4.98 Å². The van der Waals surface area contributed by atoms with Gasteiger partial charge in [-0.25, -0.2) is 0 Å². The minimum atomic E-state index is -0.172. The number of aryl methyl sites for hydroxylation is 1. The zero-order valence-electron chi connectivity index (χ0n) is 13.0. The van der Waals surface area contributed by atoms with E-state index in [-0.39, 0.29) is 5.97 Å². The quantitative estimate of drug-likeness (QED) is 0.578. The van der Waals surface area contributed by atoms with Gasteiger partial charge in [0.25, 0.3) is 0 Å². The van der Waals surface area contributed by atoms with Crippen LogP contribution >= 0.6 is 0 Å². The van der Waals surface area contributed by atoms with Crippen LogP contribution in [0.1, 0.15) is 63.9 Å². The van der Waals surface area contributed by atoms with Crippen LogP contribution in [0.3, 0.4) is 0 Å². The van der Waals surface area contributed by atoms with E-state index in [0.29, 0.717) is 12.3 Å². The van der Waals surface area contributed by atoms with E-state index in [9.17, 15) is 4.79 Å². The number of nitrogens with one attached hydrogen (secondary N) is 1. The molecule has 21 heavy (non-hydrogen) atoms. The van der Waals surface area contributed by atoms with Crippen molar-refractivity contribution < 1.29 is 9.53 Å². The highest BCUT2D eigenvalue weighted by Crippen LogP contribution is 2.22. The fraction of sp³-hybridized carbons (Fsp3) is 0.647. The van der Waals surface area contributed by atoms with Crippen LogP contribution in [-0.4, -0.2) is 17.5 Å². The molecular weight excluding hydrogens is 264 g/mol. The standard InChI is InChI=1S/C17H26N2O2/c1-2-3-4-5-6-7-10-16(20)21-15-12-11-14-9-8-13-18-17(14)19-15/h11-12H,2-10,13H2,1H3,(H,18,19). The molecule has 1 aromatic heterocycles. The van der Waals surface area contributed by atoms with Crippen molar-refractivity contribution in [3.63, 3.8) is 0 Å². The second-order valence-corrected chi connectivity index (χ2v) is 5.68. The number of ether oxygens (including phenoxy) is 1. The summed E-state index contributed by atoms with van der Waals surface area (Å²) in [6, 6.07) is 3.80. The highest BCUT2D eigenvalue weighted by atomic mass is 16.5. The second kappa shape index (κ2) is 8.65. The predicted molar refractivity (Wildman–Crippen MR) is 84.7 cm³/mol. The van der Waals surface area contributed by atoms with E-state index >= 15 is 0 Å². The number of nitrogens with zero attached hydrogens (tertiary/aromatic N) is 1. The van der Waals surface area contributed by atoms with Gasteiger partial charge in [-0.2, -0.15) is 4.98 Å². The minimum Gasteiger partial charge on any atom is -0.407 e. The molecule has 0 radical (unpaired) electrons. The summed E-state index contributed by atoms with van der Waals surface area (Å²) in [5.74, 6) is 1.11.